The maximum absolute atomic E-state index is 10.5. The Bertz CT molecular complexity index is 588. The summed E-state index contributed by atoms with van der Waals surface area (Å²) in [7, 11) is 0. The molecule has 0 bridgehead atoms. The normalized spacial score (nSPS) is 10.7. The predicted octanol–water partition coefficient (Wildman–Crippen LogP) is 3.47. The van der Waals surface area contributed by atoms with Crippen molar-refractivity contribution in [2.45, 2.75) is 0 Å². The van der Waals surface area contributed by atoms with Crippen LogP contribution in [0.1, 0.15) is 11.1 Å². The molecule has 4 heteroatoms. The number of non-ortho nitro benzene ring substituents is 1. The molecule has 90 valence electrons. The lowest BCUT2D eigenvalue weighted by Crippen LogP contribution is -1.86. The van der Waals surface area contributed by atoms with E-state index >= 15 is 0 Å². The molecule has 0 spiro atoms. The Morgan fingerprint density at radius 3 is 2.28 bits per heavy atom. The van der Waals surface area contributed by atoms with Crippen molar-refractivity contribution in [2.24, 2.45) is 0 Å². The number of aromatic hydroxyl groups is 1. The monoisotopic (exact) mass is 241 g/mol. The minimum Gasteiger partial charge on any atom is -0.507 e. The molecule has 0 saturated heterocycles. The van der Waals surface area contributed by atoms with Crippen molar-refractivity contribution >= 4 is 17.8 Å². The number of hydrogen-bond donors (Lipinski definition) is 1. The van der Waals surface area contributed by atoms with Crippen LogP contribution in [0.25, 0.3) is 12.2 Å². The van der Waals surface area contributed by atoms with Crippen LogP contribution in [0.15, 0.2) is 48.5 Å². The average molecular weight is 241 g/mol. The van der Waals surface area contributed by atoms with E-state index < -0.39 is 4.92 Å². The van der Waals surface area contributed by atoms with Crippen LogP contribution in [-0.2, 0) is 0 Å². The van der Waals surface area contributed by atoms with E-state index in [0.717, 1.165) is 5.56 Å². The van der Waals surface area contributed by atoms with Crippen LogP contribution in [0.4, 0.5) is 5.69 Å². The first kappa shape index (κ1) is 11.9. The lowest BCUT2D eigenvalue weighted by Gasteiger charge is -1.97. The molecule has 1 N–H and O–H groups in total. The molecule has 0 saturated carbocycles. The number of nitro groups is 1. The number of para-hydroxylation sites is 1. The Hall–Kier alpha value is -2.62. The molecular formula is C14H11NO3. The second-order valence-corrected chi connectivity index (χ2v) is 3.74. The number of phenolic OH excluding ortho intramolecular Hbond substituents is 1. The van der Waals surface area contributed by atoms with Gasteiger partial charge in [0.15, 0.2) is 0 Å². The molecule has 2 aromatic carbocycles. The topological polar surface area (TPSA) is 63.4 Å². The van der Waals surface area contributed by atoms with Crippen LogP contribution in [0.3, 0.4) is 0 Å². The van der Waals surface area contributed by atoms with E-state index in [1.54, 1.807) is 42.5 Å². The Kier molecular flexibility index (Phi) is 3.38. The van der Waals surface area contributed by atoms with E-state index in [-0.39, 0.29) is 11.4 Å². The highest BCUT2D eigenvalue weighted by Gasteiger charge is 2.02. The minimum absolute atomic E-state index is 0.0645. The maximum atomic E-state index is 10.5. The van der Waals surface area contributed by atoms with Crippen molar-refractivity contribution in [1.82, 2.24) is 0 Å². The van der Waals surface area contributed by atoms with Crippen molar-refractivity contribution in [3.8, 4) is 5.75 Å². The Morgan fingerprint density at radius 2 is 1.67 bits per heavy atom. The van der Waals surface area contributed by atoms with Crippen LogP contribution >= 0.6 is 0 Å². The third-order valence-corrected chi connectivity index (χ3v) is 2.50. The lowest BCUT2D eigenvalue weighted by molar-refractivity contribution is -0.384. The summed E-state index contributed by atoms with van der Waals surface area (Å²) >= 11 is 0. The van der Waals surface area contributed by atoms with Gasteiger partial charge in [-0.05, 0) is 23.8 Å². The van der Waals surface area contributed by atoms with Crippen molar-refractivity contribution < 1.29 is 10.0 Å². The second-order valence-electron chi connectivity index (χ2n) is 3.74. The van der Waals surface area contributed by atoms with Crippen LogP contribution in [-0.4, -0.2) is 10.0 Å². The number of phenols is 1. The molecule has 0 atom stereocenters. The molecule has 2 rings (SSSR count). The molecule has 0 unspecified atom stereocenters. The van der Waals surface area contributed by atoms with Gasteiger partial charge in [0, 0.05) is 17.7 Å². The zero-order valence-electron chi connectivity index (χ0n) is 9.48. The van der Waals surface area contributed by atoms with Gasteiger partial charge in [-0.3, -0.25) is 10.1 Å². The number of nitrogens with zero attached hydrogens (tertiary/aromatic N) is 1. The summed E-state index contributed by atoms with van der Waals surface area (Å²) in [5.74, 6) is 0.204. The van der Waals surface area contributed by atoms with E-state index in [1.165, 1.54) is 12.1 Å². The largest absolute Gasteiger partial charge is 0.507 e. The smallest absolute Gasteiger partial charge is 0.269 e. The van der Waals surface area contributed by atoms with E-state index in [9.17, 15) is 15.2 Å². The first-order valence-electron chi connectivity index (χ1n) is 5.37. The number of rotatable bonds is 3. The highest BCUT2D eigenvalue weighted by Crippen LogP contribution is 2.19. The van der Waals surface area contributed by atoms with E-state index in [4.69, 9.17) is 0 Å². The van der Waals surface area contributed by atoms with Crippen LogP contribution in [0, 0.1) is 10.1 Å². The molecule has 0 radical (unpaired) electrons. The van der Waals surface area contributed by atoms with Gasteiger partial charge in [-0.15, -0.1) is 0 Å². The van der Waals surface area contributed by atoms with Gasteiger partial charge in [-0.25, -0.2) is 0 Å². The summed E-state index contributed by atoms with van der Waals surface area (Å²) in [6.07, 6.45) is 3.55. The van der Waals surface area contributed by atoms with Crippen molar-refractivity contribution in [2.75, 3.05) is 0 Å². The molecule has 0 aliphatic carbocycles. The molecule has 0 aliphatic heterocycles. The van der Waals surface area contributed by atoms with Gasteiger partial charge in [0.05, 0.1) is 4.92 Å². The fraction of sp³-hybridized carbons (Fsp3) is 0. The van der Waals surface area contributed by atoms with Crippen LogP contribution < -0.4 is 0 Å². The van der Waals surface area contributed by atoms with Crippen molar-refractivity contribution in [3.63, 3.8) is 0 Å². The fourth-order valence-electron chi connectivity index (χ4n) is 1.52. The Morgan fingerprint density at radius 1 is 1.00 bits per heavy atom. The van der Waals surface area contributed by atoms with Gasteiger partial charge >= 0.3 is 0 Å². The molecule has 0 heterocycles. The molecule has 0 aliphatic rings. The van der Waals surface area contributed by atoms with Crippen LogP contribution in [0.2, 0.25) is 0 Å². The summed E-state index contributed by atoms with van der Waals surface area (Å²) in [5, 5.41) is 20.1. The standard InChI is InChI=1S/C14H11NO3/c16-14-4-2-1-3-12(14)8-5-11-6-9-13(10-7-11)15(17)18/h1-10,16H/b8-5-. The predicted molar refractivity (Wildman–Crippen MR) is 70.1 cm³/mol. The fourth-order valence-corrected chi connectivity index (χ4v) is 1.52. The summed E-state index contributed by atoms with van der Waals surface area (Å²) in [4.78, 5) is 10.1. The minimum atomic E-state index is -0.434. The highest BCUT2D eigenvalue weighted by molar-refractivity contribution is 5.72. The van der Waals surface area contributed by atoms with Gasteiger partial charge < -0.3 is 5.11 Å². The van der Waals surface area contributed by atoms with Gasteiger partial charge in [-0.1, -0.05) is 30.4 Å². The van der Waals surface area contributed by atoms with Crippen molar-refractivity contribution in [3.05, 3.63) is 69.8 Å². The highest BCUT2D eigenvalue weighted by atomic mass is 16.6. The van der Waals surface area contributed by atoms with E-state index in [1.807, 2.05) is 6.07 Å². The molecule has 4 nitrogen and oxygen atoms in total. The van der Waals surface area contributed by atoms with E-state index in [0.29, 0.717) is 5.56 Å². The average Bonchev–Trinajstić information content (AvgIpc) is 2.38. The number of hydrogen-bond acceptors (Lipinski definition) is 3. The molecule has 2 aromatic rings. The number of nitro benzene ring substituents is 1. The third-order valence-electron chi connectivity index (χ3n) is 2.50. The molecule has 18 heavy (non-hydrogen) atoms. The lowest BCUT2D eigenvalue weighted by atomic mass is 10.1. The first-order valence-corrected chi connectivity index (χ1v) is 5.37. The Labute approximate surface area is 104 Å². The zero-order chi connectivity index (χ0) is 13.0. The Balaban J connectivity index is 2.19. The van der Waals surface area contributed by atoms with Gasteiger partial charge in [-0.2, -0.15) is 0 Å². The van der Waals surface area contributed by atoms with E-state index in [2.05, 4.69) is 0 Å². The van der Waals surface area contributed by atoms with Gasteiger partial charge in [0.2, 0.25) is 0 Å². The summed E-state index contributed by atoms with van der Waals surface area (Å²) in [6, 6.07) is 13.2. The molecule has 0 amide bonds. The third kappa shape index (κ3) is 2.74. The molecular weight excluding hydrogens is 230 g/mol. The summed E-state index contributed by atoms with van der Waals surface area (Å²) in [5.41, 5.74) is 1.61. The first-order chi connectivity index (χ1) is 8.66. The quantitative estimate of drug-likeness (QED) is 0.508. The molecule has 0 aromatic heterocycles. The summed E-state index contributed by atoms with van der Waals surface area (Å²) < 4.78 is 0. The van der Waals surface area contributed by atoms with Crippen LogP contribution in [0.5, 0.6) is 5.75 Å². The zero-order valence-corrected chi connectivity index (χ0v) is 9.48. The second kappa shape index (κ2) is 5.14. The summed E-state index contributed by atoms with van der Waals surface area (Å²) in [6.45, 7) is 0. The SMILES string of the molecule is O=[N+]([O-])c1ccc(/C=C\c2ccccc2O)cc1. The van der Waals surface area contributed by atoms with Gasteiger partial charge in [0.1, 0.15) is 5.75 Å². The van der Waals surface area contributed by atoms with Gasteiger partial charge in [0.25, 0.3) is 5.69 Å². The van der Waals surface area contributed by atoms with Crippen molar-refractivity contribution in [1.29, 1.82) is 0 Å². The molecule has 0 fully saturated rings. The maximum Gasteiger partial charge on any atom is 0.269 e. The number of benzene rings is 2.